The second-order valence-electron chi connectivity index (χ2n) is 8.24. The number of amides is 1. The van der Waals surface area contributed by atoms with Crippen LogP contribution in [0.25, 0.3) is 0 Å². The highest BCUT2D eigenvalue weighted by Gasteiger charge is 2.42. The average molecular weight is 375 g/mol. The molecule has 2 fully saturated rings. The summed E-state index contributed by atoms with van der Waals surface area (Å²) < 4.78 is 10.8. The Balaban J connectivity index is 1.76. The van der Waals surface area contributed by atoms with Crippen LogP contribution in [-0.2, 0) is 14.9 Å². The van der Waals surface area contributed by atoms with Gasteiger partial charge in [-0.1, -0.05) is 31.4 Å². The highest BCUT2D eigenvalue weighted by atomic mass is 16.5. The average Bonchev–Trinajstić information content (AvgIpc) is 2.73. The van der Waals surface area contributed by atoms with Crippen molar-refractivity contribution in [3.63, 3.8) is 0 Å². The van der Waals surface area contributed by atoms with Gasteiger partial charge in [-0.2, -0.15) is 0 Å². The minimum absolute atomic E-state index is 0.0470. The van der Waals surface area contributed by atoms with E-state index in [1.54, 1.807) is 14.2 Å². The van der Waals surface area contributed by atoms with Gasteiger partial charge >= 0.3 is 0 Å². The van der Waals surface area contributed by atoms with E-state index >= 15 is 0 Å². The lowest BCUT2D eigenvalue weighted by Gasteiger charge is -2.40. The summed E-state index contributed by atoms with van der Waals surface area (Å²) in [5.74, 6) is 1.01. The largest absolute Gasteiger partial charge is 0.497 e. The predicted molar refractivity (Wildman–Crippen MR) is 107 cm³/mol. The molecule has 1 aromatic rings. The molecule has 3 rings (SSSR count). The fourth-order valence-electron chi connectivity index (χ4n) is 4.78. The summed E-state index contributed by atoms with van der Waals surface area (Å²) in [6.45, 7) is 3.37. The summed E-state index contributed by atoms with van der Waals surface area (Å²) in [6.07, 6.45) is 7.34. The van der Waals surface area contributed by atoms with Crippen molar-refractivity contribution in [3.8, 4) is 5.75 Å². The molecule has 1 amide bonds. The van der Waals surface area contributed by atoms with Crippen LogP contribution in [0.1, 0.15) is 50.5 Å². The molecule has 1 saturated heterocycles. The molecule has 27 heavy (non-hydrogen) atoms. The molecule has 5 heteroatoms. The van der Waals surface area contributed by atoms with E-state index in [1.807, 2.05) is 12.1 Å². The van der Waals surface area contributed by atoms with Gasteiger partial charge < -0.3 is 20.1 Å². The van der Waals surface area contributed by atoms with Gasteiger partial charge in [-0.05, 0) is 56.5 Å². The molecule has 1 aromatic carbocycles. The number of carbonyl (C=O) groups is 1. The zero-order chi connectivity index (χ0) is 19.2. The first-order chi connectivity index (χ1) is 13.1. The van der Waals surface area contributed by atoms with Crippen molar-refractivity contribution in [2.45, 2.75) is 50.4 Å². The molecule has 0 atom stereocenters. The van der Waals surface area contributed by atoms with E-state index in [-0.39, 0.29) is 11.3 Å². The normalized spacial score (nSPS) is 21.4. The van der Waals surface area contributed by atoms with Crippen LogP contribution in [-0.4, -0.2) is 46.4 Å². The van der Waals surface area contributed by atoms with Crippen LogP contribution in [0.15, 0.2) is 24.3 Å². The van der Waals surface area contributed by atoms with Crippen LogP contribution in [0.2, 0.25) is 0 Å². The van der Waals surface area contributed by atoms with Crippen LogP contribution < -0.4 is 15.4 Å². The van der Waals surface area contributed by atoms with Gasteiger partial charge in [0.1, 0.15) is 5.75 Å². The summed E-state index contributed by atoms with van der Waals surface area (Å²) in [7, 11) is 3.43. The summed E-state index contributed by atoms with van der Waals surface area (Å²) in [4.78, 5) is 13.5. The van der Waals surface area contributed by atoms with Crippen LogP contribution in [0.4, 0.5) is 0 Å². The van der Waals surface area contributed by atoms with Gasteiger partial charge in [-0.15, -0.1) is 0 Å². The molecule has 0 unspecified atom stereocenters. The Labute approximate surface area is 163 Å². The van der Waals surface area contributed by atoms with E-state index in [1.165, 1.54) is 6.42 Å². The number of nitrogens with one attached hydrogen (secondary N) is 2. The van der Waals surface area contributed by atoms with Crippen molar-refractivity contribution in [3.05, 3.63) is 29.8 Å². The number of hydrogen-bond donors (Lipinski definition) is 2. The number of hydrogen-bond acceptors (Lipinski definition) is 4. The molecule has 2 N–H and O–H groups in total. The summed E-state index contributed by atoms with van der Waals surface area (Å²) in [5.41, 5.74) is 0.753. The molecule has 1 heterocycles. The van der Waals surface area contributed by atoms with Crippen LogP contribution in [0.3, 0.4) is 0 Å². The molecule has 0 radical (unpaired) electrons. The lowest BCUT2D eigenvalue weighted by atomic mass is 9.68. The Morgan fingerprint density at radius 3 is 2.30 bits per heavy atom. The fraction of sp³-hybridized carbons (Fsp3) is 0.682. The Bertz CT molecular complexity index is 597. The SMILES string of the molecule is COCC1(CNC(=O)C2(c3ccc(OC)cc3)CCCCC2)CCNCC1. The van der Waals surface area contributed by atoms with E-state index in [0.29, 0.717) is 13.2 Å². The Hall–Kier alpha value is -1.59. The third-order valence-electron chi connectivity index (χ3n) is 6.52. The Kier molecular flexibility index (Phi) is 6.77. The number of ether oxygens (including phenoxy) is 2. The quantitative estimate of drug-likeness (QED) is 0.770. The highest BCUT2D eigenvalue weighted by molar-refractivity contribution is 5.88. The van der Waals surface area contributed by atoms with Gasteiger partial charge in [0.15, 0.2) is 0 Å². The minimum atomic E-state index is -0.411. The molecule has 0 spiro atoms. The van der Waals surface area contributed by atoms with Gasteiger partial charge in [0.2, 0.25) is 5.91 Å². The minimum Gasteiger partial charge on any atom is -0.497 e. The standard InChI is InChI=1S/C22H34N2O3/c1-26-17-21(12-14-23-15-13-21)16-24-20(25)22(10-4-3-5-11-22)18-6-8-19(27-2)9-7-18/h6-9,23H,3-5,10-17H2,1-2H3,(H,24,25). The Morgan fingerprint density at radius 2 is 1.70 bits per heavy atom. The lowest BCUT2D eigenvalue weighted by Crippen LogP contribution is -2.52. The number of benzene rings is 1. The second kappa shape index (κ2) is 9.07. The van der Waals surface area contributed by atoms with Gasteiger partial charge in [0.05, 0.1) is 19.1 Å². The first kappa shape index (κ1) is 20.2. The van der Waals surface area contributed by atoms with Gasteiger partial charge in [0, 0.05) is 19.1 Å². The van der Waals surface area contributed by atoms with Crippen molar-refractivity contribution in [2.75, 3.05) is 40.5 Å². The maximum absolute atomic E-state index is 13.5. The molecule has 150 valence electrons. The van der Waals surface area contributed by atoms with Crippen LogP contribution in [0.5, 0.6) is 5.75 Å². The summed E-state index contributed by atoms with van der Waals surface area (Å²) in [5, 5.41) is 6.75. The molecule has 0 bridgehead atoms. The van der Waals surface area contributed by atoms with Crippen molar-refractivity contribution in [1.82, 2.24) is 10.6 Å². The van der Waals surface area contributed by atoms with Crippen LogP contribution in [0, 0.1) is 5.41 Å². The zero-order valence-corrected chi connectivity index (χ0v) is 16.8. The van der Waals surface area contributed by atoms with E-state index < -0.39 is 5.41 Å². The van der Waals surface area contributed by atoms with Gasteiger partial charge in [-0.25, -0.2) is 0 Å². The summed E-state index contributed by atoms with van der Waals surface area (Å²) in [6, 6.07) is 8.08. The molecule has 1 aliphatic carbocycles. The fourth-order valence-corrected chi connectivity index (χ4v) is 4.78. The first-order valence-electron chi connectivity index (χ1n) is 10.3. The topological polar surface area (TPSA) is 59.6 Å². The van der Waals surface area contributed by atoms with Crippen molar-refractivity contribution >= 4 is 5.91 Å². The molecule has 1 aliphatic heterocycles. The third kappa shape index (κ3) is 4.46. The van der Waals surface area contributed by atoms with Gasteiger partial charge in [-0.3, -0.25) is 4.79 Å². The Morgan fingerprint density at radius 1 is 1.04 bits per heavy atom. The molecule has 2 aliphatic rings. The number of piperidine rings is 1. The van der Waals surface area contributed by atoms with Crippen molar-refractivity contribution < 1.29 is 14.3 Å². The molecule has 0 aromatic heterocycles. The number of methoxy groups -OCH3 is 2. The maximum atomic E-state index is 13.5. The molecule has 5 nitrogen and oxygen atoms in total. The van der Waals surface area contributed by atoms with Crippen molar-refractivity contribution in [1.29, 1.82) is 0 Å². The van der Waals surface area contributed by atoms with E-state index in [9.17, 15) is 4.79 Å². The number of carbonyl (C=O) groups excluding carboxylic acids is 1. The summed E-state index contributed by atoms with van der Waals surface area (Å²) >= 11 is 0. The highest BCUT2D eigenvalue weighted by Crippen LogP contribution is 2.40. The molecular weight excluding hydrogens is 340 g/mol. The number of rotatable bonds is 7. The zero-order valence-electron chi connectivity index (χ0n) is 16.8. The second-order valence-corrected chi connectivity index (χ2v) is 8.24. The van der Waals surface area contributed by atoms with E-state index in [2.05, 4.69) is 22.8 Å². The third-order valence-corrected chi connectivity index (χ3v) is 6.52. The first-order valence-corrected chi connectivity index (χ1v) is 10.3. The van der Waals surface area contributed by atoms with E-state index in [4.69, 9.17) is 9.47 Å². The van der Waals surface area contributed by atoms with Crippen molar-refractivity contribution in [2.24, 2.45) is 5.41 Å². The molecule has 1 saturated carbocycles. The van der Waals surface area contributed by atoms with Gasteiger partial charge in [0.25, 0.3) is 0 Å². The molecular formula is C22H34N2O3. The monoisotopic (exact) mass is 374 g/mol. The van der Waals surface area contributed by atoms with E-state index in [0.717, 1.165) is 62.9 Å². The lowest BCUT2D eigenvalue weighted by molar-refractivity contribution is -0.129. The van der Waals surface area contributed by atoms with Crippen LogP contribution >= 0.6 is 0 Å². The predicted octanol–water partition coefficient (Wildman–Crippen LogP) is 3.03. The maximum Gasteiger partial charge on any atom is 0.230 e. The smallest absolute Gasteiger partial charge is 0.230 e.